The summed E-state index contributed by atoms with van der Waals surface area (Å²) in [4.78, 5) is 35.9. The number of halogens is 1. The van der Waals surface area contributed by atoms with Gasteiger partial charge >= 0.3 is 5.97 Å². The molecule has 0 bridgehead atoms. The number of ether oxygens (including phenoxy) is 1. The first kappa shape index (κ1) is 19.4. The maximum absolute atomic E-state index is 12.1. The summed E-state index contributed by atoms with van der Waals surface area (Å²) >= 11 is 5.81. The van der Waals surface area contributed by atoms with Gasteiger partial charge in [-0.25, -0.2) is 4.79 Å². The first-order chi connectivity index (χ1) is 12.3. The number of nitrogens with zero attached hydrogens (tertiary/aromatic N) is 2. The van der Waals surface area contributed by atoms with Gasteiger partial charge in [-0.15, -0.1) is 0 Å². The Labute approximate surface area is 155 Å². The fourth-order valence-corrected chi connectivity index (χ4v) is 2.33. The molecule has 7 nitrogen and oxygen atoms in total. The molecular weight excluding hydrogens is 360 g/mol. The zero-order valence-electron chi connectivity index (χ0n) is 14.3. The molecule has 0 atom stereocenters. The smallest absolute Gasteiger partial charge is 0.338 e. The summed E-state index contributed by atoms with van der Waals surface area (Å²) in [5, 5.41) is 11.5. The van der Waals surface area contributed by atoms with Crippen LogP contribution < -0.4 is 0 Å². The predicted molar refractivity (Wildman–Crippen MR) is 96.0 cm³/mol. The third kappa shape index (κ3) is 5.03. The van der Waals surface area contributed by atoms with Crippen molar-refractivity contribution in [3.05, 3.63) is 74.3 Å². The van der Waals surface area contributed by atoms with Crippen LogP contribution in [0.25, 0.3) is 0 Å². The van der Waals surface area contributed by atoms with Crippen molar-refractivity contribution in [1.29, 1.82) is 0 Å². The summed E-state index contributed by atoms with van der Waals surface area (Å²) in [7, 11) is 1.58. The molecule has 0 aliphatic carbocycles. The largest absolute Gasteiger partial charge is 0.452 e. The fraction of sp³-hybridized carbons (Fsp3) is 0.222. The van der Waals surface area contributed by atoms with Gasteiger partial charge in [0.15, 0.2) is 6.61 Å². The van der Waals surface area contributed by atoms with E-state index >= 15 is 0 Å². The number of nitro benzene ring substituents is 1. The number of esters is 1. The van der Waals surface area contributed by atoms with Crippen LogP contribution in [0.15, 0.2) is 42.5 Å². The van der Waals surface area contributed by atoms with E-state index in [9.17, 15) is 19.7 Å². The van der Waals surface area contributed by atoms with Gasteiger partial charge in [0.2, 0.25) is 0 Å². The summed E-state index contributed by atoms with van der Waals surface area (Å²) in [6, 6.07) is 11.1. The zero-order valence-corrected chi connectivity index (χ0v) is 15.0. The van der Waals surface area contributed by atoms with Crippen LogP contribution in [0.3, 0.4) is 0 Å². The minimum atomic E-state index is -0.790. The SMILES string of the molecule is Cc1ccc(C(=O)OCC(=O)N(C)Cc2ccc(Cl)cc2)cc1[N+](=O)[O-]. The van der Waals surface area contributed by atoms with Crippen molar-refractivity contribution in [2.24, 2.45) is 0 Å². The number of likely N-dealkylation sites (N-methyl/N-ethyl adjacent to an activating group) is 1. The lowest BCUT2D eigenvalue weighted by atomic mass is 10.1. The average Bonchev–Trinajstić information content (AvgIpc) is 2.61. The second kappa shape index (κ2) is 8.44. The normalized spacial score (nSPS) is 10.3. The van der Waals surface area contributed by atoms with Crippen molar-refractivity contribution in [1.82, 2.24) is 4.90 Å². The Balaban J connectivity index is 1.93. The van der Waals surface area contributed by atoms with Crippen molar-refractivity contribution in [3.63, 3.8) is 0 Å². The number of hydrogen-bond acceptors (Lipinski definition) is 5. The van der Waals surface area contributed by atoms with Crippen LogP contribution in [0.1, 0.15) is 21.5 Å². The molecule has 0 aliphatic rings. The van der Waals surface area contributed by atoms with Crippen LogP contribution in [0.4, 0.5) is 5.69 Å². The molecule has 2 aromatic carbocycles. The van der Waals surface area contributed by atoms with Crippen molar-refractivity contribution in [2.75, 3.05) is 13.7 Å². The number of amides is 1. The minimum Gasteiger partial charge on any atom is -0.452 e. The van der Waals surface area contributed by atoms with Gasteiger partial charge < -0.3 is 9.64 Å². The monoisotopic (exact) mass is 376 g/mol. The third-order valence-corrected chi connectivity index (χ3v) is 3.98. The molecule has 0 N–H and O–H groups in total. The highest BCUT2D eigenvalue weighted by molar-refractivity contribution is 6.30. The van der Waals surface area contributed by atoms with E-state index in [0.717, 1.165) is 11.6 Å². The van der Waals surface area contributed by atoms with Crippen molar-refractivity contribution in [2.45, 2.75) is 13.5 Å². The highest BCUT2D eigenvalue weighted by Crippen LogP contribution is 2.19. The van der Waals surface area contributed by atoms with Gasteiger partial charge in [-0.05, 0) is 30.7 Å². The van der Waals surface area contributed by atoms with E-state index < -0.39 is 23.4 Å². The molecule has 0 saturated carbocycles. The highest BCUT2D eigenvalue weighted by atomic mass is 35.5. The molecule has 0 saturated heterocycles. The first-order valence-corrected chi connectivity index (χ1v) is 8.06. The Kier molecular flexibility index (Phi) is 6.30. The molecule has 26 heavy (non-hydrogen) atoms. The standard InChI is InChI=1S/C18H17ClN2O5/c1-12-3-6-14(9-16(12)21(24)25)18(23)26-11-17(22)20(2)10-13-4-7-15(19)8-5-13/h3-9H,10-11H2,1-2H3. The molecule has 0 heterocycles. The molecule has 0 unspecified atom stereocenters. The van der Waals surface area contributed by atoms with Gasteiger partial charge in [0.1, 0.15) is 0 Å². The second-order valence-electron chi connectivity index (χ2n) is 5.71. The summed E-state index contributed by atoms with van der Waals surface area (Å²) < 4.78 is 4.97. The van der Waals surface area contributed by atoms with Crippen molar-refractivity contribution >= 4 is 29.2 Å². The molecule has 8 heteroatoms. The van der Waals surface area contributed by atoms with Crippen molar-refractivity contribution in [3.8, 4) is 0 Å². The molecule has 0 radical (unpaired) electrons. The van der Waals surface area contributed by atoms with Crippen molar-refractivity contribution < 1.29 is 19.2 Å². The van der Waals surface area contributed by atoms with E-state index in [-0.39, 0.29) is 11.3 Å². The van der Waals surface area contributed by atoms with Crippen LogP contribution in [0.2, 0.25) is 5.02 Å². The molecule has 0 aliphatic heterocycles. The van der Waals surface area contributed by atoms with E-state index in [1.54, 1.807) is 38.2 Å². The van der Waals surface area contributed by atoms with Crippen LogP contribution >= 0.6 is 11.6 Å². The number of benzene rings is 2. The molecule has 2 rings (SSSR count). The number of carbonyl (C=O) groups excluding carboxylic acids is 2. The Morgan fingerprint density at radius 1 is 1.19 bits per heavy atom. The highest BCUT2D eigenvalue weighted by Gasteiger charge is 2.18. The molecular formula is C18H17ClN2O5. The average molecular weight is 377 g/mol. The van der Waals surface area contributed by atoms with Crippen LogP contribution in [0, 0.1) is 17.0 Å². The van der Waals surface area contributed by atoms with Gasteiger partial charge in [0.05, 0.1) is 10.5 Å². The van der Waals surface area contributed by atoms with Gasteiger partial charge in [0, 0.05) is 30.2 Å². The molecule has 0 aromatic heterocycles. The van der Waals surface area contributed by atoms with E-state index in [0.29, 0.717) is 17.1 Å². The number of aryl methyl sites for hydroxylation is 1. The fourth-order valence-electron chi connectivity index (χ4n) is 2.21. The van der Waals surface area contributed by atoms with Gasteiger partial charge in [0.25, 0.3) is 11.6 Å². The molecule has 136 valence electrons. The third-order valence-electron chi connectivity index (χ3n) is 3.73. The molecule has 0 fully saturated rings. The molecule has 1 amide bonds. The Morgan fingerprint density at radius 2 is 1.85 bits per heavy atom. The lowest BCUT2D eigenvalue weighted by Gasteiger charge is -2.17. The number of carbonyl (C=O) groups is 2. The van der Waals surface area contributed by atoms with E-state index in [2.05, 4.69) is 0 Å². The number of nitro groups is 1. The molecule has 0 spiro atoms. The predicted octanol–water partition coefficient (Wildman–Crippen LogP) is 3.37. The summed E-state index contributed by atoms with van der Waals surface area (Å²) in [5.74, 6) is -1.18. The van der Waals surface area contributed by atoms with E-state index in [1.807, 2.05) is 0 Å². The quantitative estimate of drug-likeness (QED) is 0.438. The minimum absolute atomic E-state index is 0.0236. The van der Waals surface area contributed by atoms with Gasteiger partial charge in [-0.3, -0.25) is 14.9 Å². The van der Waals surface area contributed by atoms with E-state index in [1.165, 1.54) is 17.0 Å². The van der Waals surface area contributed by atoms with E-state index in [4.69, 9.17) is 16.3 Å². The Morgan fingerprint density at radius 3 is 2.46 bits per heavy atom. The van der Waals surface area contributed by atoms with Gasteiger partial charge in [-0.1, -0.05) is 29.8 Å². The Hall–Kier alpha value is -2.93. The van der Waals surface area contributed by atoms with Gasteiger partial charge in [-0.2, -0.15) is 0 Å². The summed E-state index contributed by atoms with van der Waals surface area (Å²) in [6.45, 7) is 1.46. The van der Waals surface area contributed by atoms with Crippen LogP contribution in [0.5, 0.6) is 0 Å². The van der Waals surface area contributed by atoms with Crippen LogP contribution in [-0.2, 0) is 16.1 Å². The van der Waals surface area contributed by atoms with Crippen LogP contribution in [-0.4, -0.2) is 35.4 Å². The zero-order chi connectivity index (χ0) is 19.3. The summed E-state index contributed by atoms with van der Waals surface area (Å²) in [5.41, 5.74) is 1.16. The number of hydrogen-bond donors (Lipinski definition) is 0. The molecule has 2 aromatic rings. The lowest BCUT2D eigenvalue weighted by Crippen LogP contribution is -2.30. The topological polar surface area (TPSA) is 89.8 Å². The maximum Gasteiger partial charge on any atom is 0.338 e. The number of rotatable bonds is 6. The first-order valence-electron chi connectivity index (χ1n) is 7.68. The lowest BCUT2D eigenvalue weighted by molar-refractivity contribution is -0.385. The Bertz CT molecular complexity index is 836. The summed E-state index contributed by atoms with van der Waals surface area (Å²) in [6.07, 6.45) is 0. The second-order valence-corrected chi connectivity index (χ2v) is 6.15. The maximum atomic E-state index is 12.1.